The molecule has 1 aliphatic carbocycles. The number of aromatic nitrogens is 2. The van der Waals surface area contributed by atoms with Crippen LogP contribution in [0.3, 0.4) is 0 Å². The van der Waals surface area contributed by atoms with Crippen molar-refractivity contribution in [3.63, 3.8) is 0 Å². The van der Waals surface area contributed by atoms with Crippen LogP contribution in [0.2, 0.25) is 0 Å². The van der Waals surface area contributed by atoms with Crippen molar-refractivity contribution in [2.24, 2.45) is 7.05 Å². The van der Waals surface area contributed by atoms with Crippen LogP contribution in [0.5, 0.6) is 0 Å². The molecule has 8 nitrogen and oxygen atoms in total. The Morgan fingerprint density at radius 2 is 1.82 bits per heavy atom. The molecule has 3 aromatic heterocycles. The average molecular weight is 628 g/mol. The molecule has 0 atom stereocenters. The Kier molecular flexibility index (Phi) is 8.05. The highest BCUT2D eigenvalue weighted by Crippen LogP contribution is 2.41. The van der Waals surface area contributed by atoms with Gasteiger partial charge < -0.3 is 24.8 Å². The number of pyridine rings is 2. The van der Waals surface area contributed by atoms with Gasteiger partial charge in [0, 0.05) is 42.0 Å². The van der Waals surface area contributed by atoms with Gasteiger partial charge in [-0.25, -0.2) is 9.37 Å². The zero-order valence-corrected chi connectivity index (χ0v) is 26.6. The number of amides is 1. The maximum absolute atomic E-state index is 15.3. The van der Waals surface area contributed by atoms with Crippen LogP contribution in [0.25, 0.3) is 11.1 Å². The van der Waals surface area contributed by atoms with Gasteiger partial charge >= 0.3 is 0 Å². The number of halogens is 1. The summed E-state index contributed by atoms with van der Waals surface area (Å²) in [6, 6.07) is 8.31. The van der Waals surface area contributed by atoms with E-state index in [0.717, 1.165) is 62.1 Å². The highest BCUT2D eigenvalue weighted by atomic mass is 32.1. The molecule has 5 heterocycles. The van der Waals surface area contributed by atoms with Gasteiger partial charge in [-0.2, -0.15) is 0 Å². The first-order chi connectivity index (χ1) is 21.8. The molecule has 3 aliphatic rings. The minimum Gasteiger partial charge on any atom is -0.392 e. The molecular formula is C35H38FN5O3S. The number of rotatable bonds is 6. The van der Waals surface area contributed by atoms with Crippen LogP contribution in [0, 0.1) is 5.82 Å². The topological polar surface area (TPSA) is 90.7 Å². The number of nitrogens with one attached hydrogen (secondary N) is 1. The van der Waals surface area contributed by atoms with Crippen LogP contribution in [-0.2, 0) is 32.9 Å². The first-order valence-electron chi connectivity index (χ1n) is 15.8. The fraction of sp³-hybridized carbons (Fsp3) is 0.400. The number of fused-ring (bicyclic) bond motifs is 3. The monoisotopic (exact) mass is 627 g/mol. The smallest absolute Gasteiger partial charge is 0.274 e. The molecule has 0 saturated carbocycles. The van der Waals surface area contributed by atoms with Gasteiger partial charge in [-0.15, -0.1) is 11.3 Å². The van der Waals surface area contributed by atoms with Crippen LogP contribution in [-0.4, -0.2) is 52.1 Å². The third-order valence-corrected chi connectivity index (χ3v) is 11.0. The SMILES string of the molecule is CN1CCC(c2ccc(Nc3cc(-c4cc(F)cc(N5CCc6c(sc7c6CCCC7)C5=O)c4CO)cn(C)c3=O)nc2)CC1. The van der Waals surface area contributed by atoms with E-state index in [1.54, 1.807) is 35.5 Å². The van der Waals surface area contributed by atoms with E-state index in [0.29, 0.717) is 47.1 Å². The van der Waals surface area contributed by atoms with E-state index >= 15 is 4.39 Å². The van der Waals surface area contributed by atoms with E-state index in [-0.39, 0.29) is 17.2 Å². The number of nitrogens with zero attached hydrogens (tertiary/aromatic N) is 4. The number of aliphatic hydroxyl groups is 1. The van der Waals surface area contributed by atoms with Crippen LogP contribution >= 0.6 is 11.3 Å². The Hall–Kier alpha value is -3.86. The Balaban J connectivity index is 1.20. The summed E-state index contributed by atoms with van der Waals surface area (Å²) in [7, 11) is 3.78. The summed E-state index contributed by atoms with van der Waals surface area (Å²) in [6.07, 6.45) is 10.7. The predicted octanol–water partition coefficient (Wildman–Crippen LogP) is 5.77. The number of hydrogen-bond donors (Lipinski definition) is 2. The lowest BCUT2D eigenvalue weighted by Gasteiger charge is -2.30. The zero-order valence-electron chi connectivity index (χ0n) is 25.7. The third-order valence-electron chi connectivity index (χ3n) is 9.68. The summed E-state index contributed by atoms with van der Waals surface area (Å²) in [5, 5.41) is 13.8. The van der Waals surface area contributed by atoms with E-state index < -0.39 is 12.4 Å². The largest absolute Gasteiger partial charge is 0.392 e. The molecule has 0 bridgehead atoms. The zero-order chi connectivity index (χ0) is 31.2. The molecular weight excluding hydrogens is 589 g/mol. The number of benzene rings is 1. The molecule has 2 N–H and O–H groups in total. The van der Waals surface area contributed by atoms with Gasteiger partial charge in [-0.3, -0.25) is 9.59 Å². The summed E-state index contributed by atoms with van der Waals surface area (Å²) in [5.74, 6) is 0.355. The minimum absolute atomic E-state index is 0.139. The molecule has 234 valence electrons. The second kappa shape index (κ2) is 12.2. The van der Waals surface area contributed by atoms with Gasteiger partial charge in [0.25, 0.3) is 11.5 Å². The lowest BCUT2D eigenvalue weighted by molar-refractivity contribution is 0.0984. The maximum atomic E-state index is 15.3. The lowest BCUT2D eigenvalue weighted by atomic mass is 9.91. The van der Waals surface area contributed by atoms with Crippen LogP contribution < -0.4 is 15.8 Å². The number of aryl methyl sites for hydroxylation is 2. The van der Waals surface area contributed by atoms with Crippen molar-refractivity contribution < 1.29 is 14.3 Å². The predicted molar refractivity (Wildman–Crippen MR) is 176 cm³/mol. The second-order valence-electron chi connectivity index (χ2n) is 12.6. The van der Waals surface area contributed by atoms with E-state index in [4.69, 9.17) is 0 Å². The van der Waals surface area contributed by atoms with Crippen molar-refractivity contribution in [1.29, 1.82) is 0 Å². The van der Waals surface area contributed by atoms with Crippen molar-refractivity contribution in [1.82, 2.24) is 14.5 Å². The van der Waals surface area contributed by atoms with Crippen LogP contribution in [0.1, 0.15) is 68.4 Å². The highest BCUT2D eigenvalue weighted by molar-refractivity contribution is 7.14. The number of piperidine rings is 1. The summed E-state index contributed by atoms with van der Waals surface area (Å²) in [5.41, 5.74) is 5.49. The van der Waals surface area contributed by atoms with Crippen molar-refractivity contribution in [3.05, 3.63) is 90.9 Å². The highest BCUT2D eigenvalue weighted by Gasteiger charge is 2.33. The molecule has 1 amide bonds. The van der Waals surface area contributed by atoms with Gasteiger partial charge in [-0.1, -0.05) is 6.07 Å². The summed E-state index contributed by atoms with van der Waals surface area (Å²) < 4.78 is 16.8. The molecule has 10 heteroatoms. The van der Waals surface area contributed by atoms with E-state index in [2.05, 4.69) is 28.3 Å². The Morgan fingerprint density at radius 1 is 1.02 bits per heavy atom. The van der Waals surface area contributed by atoms with Crippen LogP contribution in [0.15, 0.2) is 47.5 Å². The molecule has 4 aromatic rings. The number of anilines is 3. The Bertz CT molecular complexity index is 1820. The second-order valence-corrected chi connectivity index (χ2v) is 13.7. The quantitative estimate of drug-likeness (QED) is 0.282. The molecule has 0 radical (unpaired) electrons. The Morgan fingerprint density at radius 3 is 2.58 bits per heavy atom. The molecule has 1 saturated heterocycles. The number of carbonyl (C=O) groups excluding carboxylic acids is 1. The van der Waals surface area contributed by atoms with Gasteiger partial charge in [0.15, 0.2) is 0 Å². The molecule has 0 spiro atoms. The lowest BCUT2D eigenvalue weighted by Crippen LogP contribution is -2.37. The van der Waals surface area contributed by atoms with Crippen LogP contribution in [0.4, 0.5) is 21.6 Å². The van der Waals surface area contributed by atoms with Gasteiger partial charge in [0.1, 0.15) is 17.3 Å². The fourth-order valence-electron chi connectivity index (χ4n) is 7.18. The number of carbonyl (C=O) groups is 1. The first kappa shape index (κ1) is 29.8. The molecule has 7 rings (SSSR count). The van der Waals surface area contributed by atoms with Gasteiger partial charge in [-0.05, 0) is 118 Å². The van der Waals surface area contributed by atoms with Gasteiger partial charge in [0.2, 0.25) is 0 Å². The Labute approximate surface area is 266 Å². The van der Waals surface area contributed by atoms with Crippen molar-refractivity contribution >= 4 is 34.4 Å². The minimum atomic E-state index is -0.518. The first-order valence-corrected chi connectivity index (χ1v) is 16.6. The molecule has 45 heavy (non-hydrogen) atoms. The number of thiophene rings is 1. The normalized spacial score (nSPS) is 17.3. The van der Waals surface area contributed by atoms with Crippen molar-refractivity contribution in [3.8, 4) is 11.1 Å². The molecule has 2 aliphatic heterocycles. The number of aliphatic hydroxyl groups excluding tert-OH is 1. The summed E-state index contributed by atoms with van der Waals surface area (Å²) in [4.78, 5) is 37.6. The van der Waals surface area contributed by atoms with Gasteiger partial charge in [0.05, 0.1) is 17.2 Å². The molecule has 1 fully saturated rings. The fourth-order valence-corrected chi connectivity index (χ4v) is 8.57. The number of hydrogen-bond acceptors (Lipinski definition) is 7. The summed E-state index contributed by atoms with van der Waals surface area (Å²) in [6.45, 7) is 2.15. The van der Waals surface area contributed by atoms with E-state index in [1.807, 2.05) is 12.3 Å². The maximum Gasteiger partial charge on any atom is 0.274 e. The standard InChI is InChI=1S/C35H38FN5O3S/c1-39-12-9-21(10-13-39)22-7-8-32(37-18-22)38-29-15-23(19-40(2)34(29)43)27-16-24(36)17-30(28(27)20-42)41-14-11-26-25-5-3-4-6-31(25)45-33(26)35(41)44/h7-8,15-19,21,42H,3-6,9-14,20H2,1-2H3,(H,37,38). The molecule has 0 unspecified atom stereocenters. The van der Waals surface area contributed by atoms with Crippen molar-refractivity contribution in [2.45, 2.75) is 57.5 Å². The van der Waals surface area contributed by atoms with Crippen molar-refractivity contribution in [2.75, 3.05) is 36.9 Å². The van der Waals surface area contributed by atoms with E-state index in [1.165, 1.54) is 32.7 Å². The summed E-state index contributed by atoms with van der Waals surface area (Å²) >= 11 is 1.58. The van der Waals surface area contributed by atoms with E-state index in [9.17, 15) is 14.7 Å². The molecule has 1 aromatic carbocycles. The number of likely N-dealkylation sites (tertiary alicyclic amines) is 1. The third kappa shape index (κ3) is 5.60. The average Bonchev–Trinajstić information content (AvgIpc) is 3.43.